The number of fused-ring (bicyclic) bond motifs is 1. The zero-order valence-corrected chi connectivity index (χ0v) is 11.2. The first-order valence-electron chi connectivity index (χ1n) is 5.85. The van der Waals surface area contributed by atoms with Crippen LogP contribution in [0.15, 0.2) is 36.9 Å². The average molecular weight is 260 g/mol. The highest BCUT2D eigenvalue weighted by atomic mass is 32.1. The zero-order valence-electron chi connectivity index (χ0n) is 10.3. The minimum Gasteiger partial charge on any atom is -0.399 e. The molecule has 3 nitrogen and oxygen atoms in total. The molecule has 1 heterocycles. The Balaban J connectivity index is 2.35. The van der Waals surface area contributed by atoms with Gasteiger partial charge in [-0.3, -0.25) is 4.79 Å². The molecule has 18 heavy (non-hydrogen) atoms. The number of amides is 1. The zero-order chi connectivity index (χ0) is 13.1. The van der Waals surface area contributed by atoms with E-state index >= 15 is 0 Å². The summed E-state index contributed by atoms with van der Waals surface area (Å²) < 4.78 is 1.09. The molecule has 2 N–H and O–H groups in total. The van der Waals surface area contributed by atoms with Gasteiger partial charge in [0, 0.05) is 23.5 Å². The third-order valence-electron chi connectivity index (χ3n) is 2.77. The van der Waals surface area contributed by atoms with E-state index in [0.29, 0.717) is 13.1 Å². The summed E-state index contributed by atoms with van der Waals surface area (Å²) in [5.74, 6) is 0.0529. The first kappa shape index (κ1) is 12.6. The molecular weight excluding hydrogens is 244 g/mol. The van der Waals surface area contributed by atoms with Gasteiger partial charge in [0.25, 0.3) is 5.91 Å². The van der Waals surface area contributed by atoms with Gasteiger partial charge in [0.2, 0.25) is 0 Å². The van der Waals surface area contributed by atoms with Crippen molar-refractivity contribution in [2.24, 2.45) is 0 Å². The Morgan fingerprint density at radius 3 is 2.94 bits per heavy atom. The maximum Gasteiger partial charge on any atom is 0.264 e. The summed E-state index contributed by atoms with van der Waals surface area (Å²) in [6.45, 7) is 6.89. The van der Waals surface area contributed by atoms with Crippen molar-refractivity contribution in [1.82, 2.24) is 4.90 Å². The molecule has 0 unspecified atom stereocenters. The van der Waals surface area contributed by atoms with Crippen molar-refractivity contribution in [1.29, 1.82) is 0 Å². The summed E-state index contributed by atoms with van der Waals surface area (Å²) in [4.78, 5) is 14.8. The normalized spacial score (nSPS) is 10.5. The lowest BCUT2D eigenvalue weighted by Gasteiger charge is -2.17. The standard InChI is InChI=1S/C14H16N2OS/c1-3-7-16(4-2)14(17)13-9-10-8-11(15)5-6-12(10)18-13/h3,5-6,8-9H,1,4,7,15H2,2H3. The molecule has 0 saturated heterocycles. The molecule has 0 atom stereocenters. The summed E-state index contributed by atoms with van der Waals surface area (Å²) in [5, 5.41) is 1.03. The summed E-state index contributed by atoms with van der Waals surface area (Å²) in [7, 11) is 0. The van der Waals surface area contributed by atoms with Gasteiger partial charge >= 0.3 is 0 Å². The van der Waals surface area contributed by atoms with Crippen molar-refractivity contribution in [2.45, 2.75) is 6.92 Å². The van der Waals surface area contributed by atoms with Crippen molar-refractivity contribution in [2.75, 3.05) is 18.8 Å². The second-order valence-corrected chi connectivity index (χ2v) is 5.12. The number of hydrogen-bond acceptors (Lipinski definition) is 3. The number of nitrogens with two attached hydrogens (primary N) is 1. The van der Waals surface area contributed by atoms with Crippen molar-refractivity contribution in [3.63, 3.8) is 0 Å². The highest BCUT2D eigenvalue weighted by molar-refractivity contribution is 7.20. The maximum atomic E-state index is 12.3. The van der Waals surface area contributed by atoms with E-state index in [1.165, 1.54) is 11.3 Å². The SMILES string of the molecule is C=CCN(CC)C(=O)c1cc2cc(N)ccc2s1. The number of carbonyl (C=O) groups is 1. The summed E-state index contributed by atoms with van der Waals surface area (Å²) in [6.07, 6.45) is 1.74. The number of nitrogen functional groups attached to an aromatic ring is 1. The molecule has 94 valence electrons. The fraction of sp³-hybridized carbons (Fsp3) is 0.214. The van der Waals surface area contributed by atoms with Crippen LogP contribution in [0.1, 0.15) is 16.6 Å². The Hall–Kier alpha value is -1.81. The number of anilines is 1. The van der Waals surface area contributed by atoms with Gasteiger partial charge < -0.3 is 10.6 Å². The fourth-order valence-corrected chi connectivity index (χ4v) is 2.85. The van der Waals surface area contributed by atoms with Crippen LogP contribution >= 0.6 is 11.3 Å². The van der Waals surface area contributed by atoms with Crippen LogP contribution in [-0.4, -0.2) is 23.9 Å². The molecule has 1 aromatic carbocycles. The molecule has 0 aliphatic carbocycles. The van der Waals surface area contributed by atoms with Gasteiger partial charge in [-0.15, -0.1) is 17.9 Å². The molecule has 0 saturated carbocycles. The number of hydrogen-bond donors (Lipinski definition) is 1. The fourth-order valence-electron chi connectivity index (χ4n) is 1.83. The molecule has 1 aromatic heterocycles. The average Bonchev–Trinajstić information content (AvgIpc) is 2.77. The number of nitrogens with zero attached hydrogens (tertiary/aromatic N) is 1. The first-order chi connectivity index (χ1) is 8.65. The lowest BCUT2D eigenvalue weighted by atomic mass is 10.2. The minimum atomic E-state index is 0.0529. The molecule has 2 rings (SSSR count). The van der Waals surface area contributed by atoms with Crippen LogP contribution in [0.5, 0.6) is 0 Å². The molecule has 0 aliphatic heterocycles. The van der Waals surface area contributed by atoms with Gasteiger partial charge in [0.05, 0.1) is 4.88 Å². The predicted molar refractivity (Wildman–Crippen MR) is 78.0 cm³/mol. The predicted octanol–water partition coefficient (Wildman–Crippen LogP) is 3.13. The second kappa shape index (κ2) is 5.23. The molecular formula is C14H16N2OS. The number of rotatable bonds is 4. The topological polar surface area (TPSA) is 46.3 Å². The summed E-state index contributed by atoms with van der Waals surface area (Å²) >= 11 is 1.50. The number of likely N-dealkylation sites (N-methyl/N-ethyl adjacent to an activating group) is 1. The molecule has 0 bridgehead atoms. The van der Waals surface area contributed by atoms with Gasteiger partial charge in [-0.25, -0.2) is 0 Å². The molecule has 0 spiro atoms. The van der Waals surface area contributed by atoms with E-state index < -0.39 is 0 Å². The van der Waals surface area contributed by atoms with Crippen LogP contribution in [0, 0.1) is 0 Å². The Morgan fingerprint density at radius 1 is 1.50 bits per heavy atom. The van der Waals surface area contributed by atoms with Gasteiger partial charge in [-0.05, 0) is 36.6 Å². The molecule has 1 amide bonds. The van der Waals surface area contributed by atoms with E-state index in [4.69, 9.17) is 5.73 Å². The highest BCUT2D eigenvalue weighted by Gasteiger charge is 2.15. The molecule has 0 aliphatic rings. The summed E-state index contributed by atoms with van der Waals surface area (Å²) in [6, 6.07) is 7.61. The van der Waals surface area contributed by atoms with Crippen LogP contribution in [0.25, 0.3) is 10.1 Å². The third kappa shape index (κ3) is 2.38. The third-order valence-corrected chi connectivity index (χ3v) is 3.87. The number of carbonyl (C=O) groups excluding carboxylic acids is 1. The largest absolute Gasteiger partial charge is 0.399 e. The number of benzene rings is 1. The second-order valence-electron chi connectivity index (χ2n) is 4.04. The van der Waals surface area contributed by atoms with Crippen LogP contribution < -0.4 is 5.73 Å². The Labute approximate surface area is 111 Å². The maximum absolute atomic E-state index is 12.3. The number of thiophene rings is 1. The van der Waals surface area contributed by atoms with Crippen molar-refractivity contribution in [3.8, 4) is 0 Å². The Morgan fingerprint density at radius 2 is 2.28 bits per heavy atom. The summed E-state index contributed by atoms with van der Waals surface area (Å²) in [5.41, 5.74) is 6.46. The van der Waals surface area contributed by atoms with Gasteiger partial charge in [-0.2, -0.15) is 0 Å². The van der Waals surface area contributed by atoms with Crippen LogP contribution in [0.2, 0.25) is 0 Å². The van der Waals surface area contributed by atoms with Gasteiger partial charge in [0.15, 0.2) is 0 Å². The Kier molecular flexibility index (Phi) is 3.67. The van der Waals surface area contributed by atoms with E-state index in [9.17, 15) is 4.79 Å². The van der Waals surface area contributed by atoms with E-state index in [1.807, 2.05) is 31.2 Å². The van der Waals surface area contributed by atoms with Gasteiger partial charge in [0.1, 0.15) is 0 Å². The first-order valence-corrected chi connectivity index (χ1v) is 6.66. The van der Waals surface area contributed by atoms with Crippen LogP contribution in [0.4, 0.5) is 5.69 Å². The smallest absolute Gasteiger partial charge is 0.264 e. The van der Waals surface area contributed by atoms with Crippen LogP contribution in [0.3, 0.4) is 0 Å². The minimum absolute atomic E-state index is 0.0529. The Bertz CT molecular complexity index is 588. The van der Waals surface area contributed by atoms with Gasteiger partial charge in [-0.1, -0.05) is 6.08 Å². The van der Waals surface area contributed by atoms with E-state index in [2.05, 4.69) is 6.58 Å². The van der Waals surface area contributed by atoms with Crippen molar-refractivity contribution >= 4 is 33.0 Å². The molecule has 0 fully saturated rings. The monoisotopic (exact) mass is 260 g/mol. The highest BCUT2D eigenvalue weighted by Crippen LogP contribution is 2.28. The molecule has 0 radical (unpaired) electrons. The molecule has 4 heteroatoms. The lowest BCUT2D eigenvalue weighted by Crippen LogP contribution is -2.30. The van der Waals surface area contributed by atoms with E-state index in [1.54, 1.807) is 11.0 Å². The lowest BCUT2D eigenvalue weighted by molar-refractivity contribution is 0.0787. The van der Waals surface area contributed by atoms with E-state index in [0.717, 1.165) is 20.7 Å². The molecule has 2 aromatic rings. The quantitative estimate of drug-likeness (QED) is 0.678. The van der Waals surface area contributed by atoms with Crippen molar-refractivity contribution in [3.05, 3.63) is 41.8 Å². The van der Waals surface area contributed by atoms with Crippen LogP contribution in [-0.2, 0) is 0 Å². The van der Waals surface area contributed by atoms with E-state index in [-0.39, 0.29) is 5.91 Å². The van der Waals surface area contributed by atoms with Crippen molar-refractivity contribution < 1.29 is 4.79 Å².